The summed E-state index contributed by atoms with van der Waals surface area (Å²) in [7, 11) is 0. The predicted octanol–water partition coefficient (Wildman–Crippen LogP) is 6.83. The van der Waals surface area contributed by atoms with Crippen LogP contribution in [-0.4, -0.2) is 42.2 Å². The van der Waals surface area contributed by atoms with E-state index in [4.69, 9.17) is 19.6 Å². The quantitative estimate of drug-likeness (QED) is 0.160. The van der Waals surface area contributed by atoms with Crippen molar-refractivity contribution in [1.29, 1.82) is 0 Å². The van der Waals surface area contributed by atoms with Crippen LogP contribution in [0.25, 0.3) is 0 Å². The van der Waals surface area contributed by atoms with Crippen LogP contribution >= 0.6 is 31.9 Å². The molecule has 0 radical (unpaired) electrons. The Morgan fingerprint density at radius 2 is 1.60 bits per heavy atom. The molecular formula is C34H32Br2N2O4. The van der Waals surface area contributed by atoms with Gasteiger partial charge in [-0.05, 0) is 53.9 Å². The van der Waals surface area contributed by atoms with E-state index in [0.29, 0.717) is 44.1 Å². The normalized spacial score (nSPS) is 17.8. The average Bonchev–Trinajstić information content (AvgIpc) is 3.40. The minimum Gasteiger partial charge on any atom is -0.494 e. The van der Waals surface area contributed by atoms with E-state index in [1.807, 2.05) is 91.0 Å². The summed E-state index contributed by atoms with van der Waals surface area (Å²) < 4.78 is 14.1. The molecule has 0 aromatic heterocycles. The van der Waals surface area contributed by atoms with Crippen molar-refractivity contribution in [3.8, 4) is 5.75 Å². The second kappa shape index (κ2) is 14.1. The van der Waals surface area contributed by atoms with Gasteiger partial charge in [0.2, 0.25) is 5.90 Å². The van der Waals surface area contributed by atoms with Crippen LogP contribution in [0.1, 0.15) is 34.8 Å². The summed E-state index contributed by atoms with van der Waals surface area (Å²) in [5.41, 5.74) is 2.40. The van der Waals surface area contributed by atoms with Crippen LogP contribution in [0, 0.1) is 0 Å². The number of aliphatic hydroxyl groups excluding tert-OH is 1. The summed E-state index contributed by atoms with van der Waals surface area (Å²) in [6.45, 7) is 0.968. The third kappa shape index (κ3) is 6.94. The molecule has 2 N–H and O–H groups in total. The number of carbonyl (C=O) groups excluding carboxylic acids is 1. The van der Waals surface area contributed by atoms with Gasteiger partial charge in [-0.2, -0.15) is 0 Å². The highest BCUT2D eigenvalue weighted by atomic mass is 79.9. The number of amides is 1. The second-order valence-electron chi connectivity index (χ2n) is 10.1. The van der Waals surface area contributed by atoms with E-state index in [1.165, 1.54) is 0 Å². The Bertz CT molecular complexity index is 1530. The van der Waals surface area contributed by atoms with Gasteiger partial charge in [-0.25, -0.2) is 4.99 Å². The van der Waals surface area contributed by atoms with Gasteiger partial charge in [0.25, 0.3) is 5.91 Å². The van der Waals surface area contributed by atoms with Gasteiger partial charge in [-0.3, -0.25) is 4.79 Å². The van der Waals surface area contributed by atoms with Crippen LogP contribution in [0.4, 0.5) is 0 Å². The molecule has 1 heterocycles. The third-order valence-corrected chi connectivity index (χ3v) is 8.67. The number of aliphatic imine (C=N–C) groups is 1. The van der Waals surface area contributed by atoms with Crippen molar-refractivity contribution in [1.82, 2.24) is 5.32 Å². The zero-order chi connectivity index (χ0) is 29.4. The Morgan fingerprint density at radius 3 is 2.31 bits per heavy atom. The van der Waals surface area contributed by atoms with Crippen LogP contribution in [0.2, 0.25) is 0 Å². The number of nitrogens with one attached hydrogen (secondary N) is 1. The van der Waals surface area contributed by atoms with E-state index < -0.39 is 11.6 Å². The zero-order valence-electron chi connectivity index (χ0n) is 23.0. The van der Waals surface area contributed by atoms with Crippen molar-refractivity contribution in [2.45, 2.75) is 30.9 Å². The van der Waals surface area contributed by atoms with Gasteiger partial charge in [0, 0.05) is 46.1 Å². The molecule has 1 aliphatic rings. The van der Waals surface area contributed by atoms with Gasteiger partial charge in [0.15, 0.2) is 11.6 Å². The number of ether oxygens (including phenoxy) is 2. The maximum Gasteiger partial charge on any atom is 0.252 e. The fourth-order valence-electron chi connectivity index (χ4n) is 5.00. The van der Waals surface area contributed by atoms with Gasteiger partial charge < -0.3 is 19.9 Å². The summed E-state index contributed by atoms with van der Waals surface area (Å²) in [6.07, 6.45) is 0.894. The van der Waals surface area contributed by atoms with Crippen LogP contribution in [0.5, 0.6) is 5.75 Å². The number of hydrogen-bond acceptors (Lipinski definition) is 5. The molecule has 0 spiro atoms. The van der Waals surface area contributed by atoms with Crippen molar-refractivity contribution >= 4 is 43.7 Å². The van der Waals surface area contributed by atoms with E-state index in [1.54, 1.807) is 0 Å². The van der Waals surface area contributed by atoms with E-state index in [2.05, 4.69) is 49.3 Å². The molecule has 0 saturated carbocycles. The lowest BCUT2D eigenvalue weighted by molar-refractivity contribution is -0.128. The van der Waals surface area contributed by atoms with Crippen LogP contribution < -0.4 is 10.1 Å². The average molecular weight is 692 g/mol. The number of benzene rings is 4. The molecule has 0 saturated heterocycles. The predicted molar refractivity (Wildman–Crippen MR) is 172 cm³/mol. The first-order valence-corrected chi connectivity index (χ1v) is 15.5. The van der Waals surface area contributed by atoms with Crippen molar-refractivity contribution in [3.63, 3.8) is 0 Å². The van der Waals surface area contributed by atoms with Gasteiger partial charge >= 0.3 is 0 Å². The standard InChI is InChI=1S/C34H32Br2N2O4/c35-29-13-6-4-11-26(29)23-34(33(40)37-20-19-24-9-2-1-3-10-24)31(28-12-5-7-14-30(28)36)42-32(38-34)25-15-17-27(18-16-25)41-22-8-21-39/h1-7,9-18,31,39H,8,19-23H2,(H,37,40)/t31-,34-/m1/s1. The van der Waals surface area contributed by atoms with Crippen LogP contribution in [0.3, 0.4) is 0 Å². The van der Waals surface area contributed by atoms with Crippen LogP contribution in [0.15, 0.2) is 117 Å². The largest absolute Gasteiger partial charge is 0.494 e. The molecule has 216 valence electrons. The maximum atomic E-state index is 14.4. The summed E-state index contributed by atoms with van der Waals surface area (Å²) in [5, 5.41) is 12.2. The number of aliphatic hydroxyl groups is 1. The molecule has 0 aliphatic carbocycles. The van der Waals surface area contributed by atoms with Crippen molar-refractivity contribution in [3.05, 3.63) is 134 Å². The molecule has 5 rings (SSSR count). The summed E-state index contributed by atoms with van der Waals surface area (Å²) in [6, 6.07) is 33.2. The molecule has 1 aliphatic heterocycles. The summed E-state index contributed by atoms with van der Waals surface area (Å²) in [4.78, 5) is 19.5. The van der Waals surface area contributed by atoms with Crippen molar-refractivity contribution in [2.75, 3.05) is 19.8 Å². The van der Waals surface area contributed by atoms with E-state index in [-0.39, 0.29) is 12.5 Å². The zero-order valence-corrected chi connectivity index (χ0v) is 26.2. The van der Waals surface area contributed by atoms with E-state index in [9.17, 15) is 4.79 Å². The maximum absolute atomic E-state index is 14.4. The molecule has 8 heteroatoms. The highest BCUT2D eigenvalue weighted by Crippen LogP contribution is 2.45. The summed E-state index contributed by atoms with van der Waals surface area (Å²) in [5.74, 6) is 0.878. The monoisotopic (exact) mass is 690 g/mol. The number of hydrogen-bond donors (Lipinski definition) is 2. The Hall–Kier alpha value is -3.46. The minimum atomic E-state index is -1.28. The molecule has 0 bridgehead atoms. The Balaban J connectivity index is 1.53. The number of halogens is 2. The first-order valence-electron chi connectivity index (χ1n) is 13.9. The number of nitrogens with zero attached hydrogens (tertiary/aromatic N) is 1. The van der Waals surface area contributed by atoms with Gasteiger partial charge in [-0.1, -0.05) is 98.6 Å². The highest BCUT2D eigenvalue weighted by molar-refractivity contribution is 9.10. The highest BCUT2D eigenvalue weighted by Gasteiger charge is 2.53. The number of carbonyl (C=O) groups is 1. The Labute approximate surface area is 263 Å². The van der Waals surface area contributed by atoms with E-state index in [0.717, 1.165) is 31.2 Å². The lowest BCUT2D eigenvalue weighted by Crippen LogP contribution is -2.50. The molecule has 4 aromatic rings. The molecule has 6 nitrogen and oxygen atoms in total. The lowest BCUT2D eigenvalue weighted by atomic mass is 9.82. The second-order valence-corrected chi connectivity index (χ2v) is 11.8. The minimum absolute atomic E-state index is 0.0756. The third-order valence-electron chi connectivity index (χ3n) is 7.18. The Morgan fingerprint density at radius 1 is 0.905 bits per heavy atom. The fraction of sp³-hybridized carbons (Fsp3) is 0.235. The molecule has 42 heavy (non-hydrogen) atoms. The van der Waals surface area contributed by atoms with Crippen molar-refractivity contribution < 1.29 is 19.4 Å². The van der Waals surface area contributed by atoms with Crippen molar-refractivity contribution in [2.24, 2.45) is 4.99 Å². The molecule has 1 amide bonds. The fourth-order valence-corrected chi connectivity index (χ4v) is 5.91. The number of rotatable bonds is 12. The molecule has 0 fully saturated rings. The topological polar surface area (TPSA) is 80.2 Å². The molecule has 0 unspecified atom stereocenters. The first kappa shape index (κ1) is 30.0. The van der Waals surface area contributed by atoms with Crippen LogP contribution in [-0.2, 0) is 22.4 Å². The van der Waals surface area contributed by atoms with Gasteiger partial charge in [0.1, 0.15) is 5.75 Å². The lowest BCUT2D eigenvalue weighted by Gasteiger charge is -2.31. The smallest absolute Gasteiger partial charge is 0.252 e. The molecule has 4 aromatic carbocycles. The summed E-state index contributed by atoms with van der Waals surface area (Å²) >= 11 is 7.38. The van der Waals surface area contributed by atoms with Gasteiger partial charge in [0.05, 0.1) is 6.61 Å². The first-order chi connectivity index (χ1) is 20.5. The Kier molecular flexibility index (Phi) is 10.1. The molecule has 2 atom stereocenters. The molecular weight excluding hydrogens is 660 g/mol. The van der Waals surface area contributed by atoms with E-state index >= 15 is 0 Å². The van der Waals surface area contributed by atoms with Gasteiger partial charge in [-0.15, -0.1) is 0 Å². The SMILES string of the molecule is O=C(NCCc1ccccc1)[C@]1(Cc2ccccc2Br)N=C(c2ccc(OCCCO)cc2)O[C@@H]1c1ccccc1Br.